The number of aromatic nitrogens is 1. The molecule has 3 nitrogen and oxygen atoms in total. The summed E-state index contributed by atoms with van der Waals surface area (Å²) in [5.74, 6) is 0. The van der Waals surface area contributed by atoms with E-state index < -0.39 is 0 Å². The summed E-state index contributed by atoms with van der Waals surface area (Å²) in [7, 11) is 0. The van der Waals surface area contributed by atoms with Gasteiger partial charge in [0.1, 0.15) is 0 Å². The number of fused-ring (bicyclic) bond motifs is 7. The van der Waals surface area contributed by atoms with Gasteiger partial charge in [0, 0.05) is 56.9 Å². The Morgan fingerprint density at radius 2 is 0.677 bits per heavy atom. The minimum atomic E-state index is -0.175. The highest BCUT2D eigenvalue weighted by molar-refractivity contribution is 7.00. The summed E-state index contributed by atoms with van der Waals surface area (Å²) in [5, 5.41) is 2.45. The molecule has 0 radical (unpaired) electrons. The molecule has 0 bridgehead atoms. The van der Waals surface area contributed by atoms with Crippen molar-refractivity contribution in [2.75, 3.05) is 9.80 Å². The summed E-state index contributed by atoms with van der Waals surface area (Å²) in [6, 6.07) is 107. The average Bonchev–Trinajstić information content (AvgIpc) is 1.42. The first-order valence-corrected chi connectivity index (χ1v) is 35.0. The molecule has 0 N–H and O–H groups in total. The van der Waals surface area contributed by atoms with Gasteiger partial charge in [-0.3, -0.25) is 0 Å². The van der Waals surface area contributed by atoms with E-state index in [0.29, 0.717) is 6.54 Å². The van der Waals surface area contributed by atoms with Crippen LogP contribution in [0.15, 0.2) is 279 Å². The fraction of sp³-hybridized carbons (Fsp3) is 0.116. The second kappa shape index (κ2) is 24.3. The molecule has 0 unspecified atom stereocenters. The third kappa shape index (κ3) is 10.2. The molecule has 0 amide bonds. The lowest BCUT2D eigenvalue weighted by molar-refractivity contribution is 0.979. The number of benzene rings is 14. The zero-order valence-electron chi connectivity index (χ0n) is 58.2. The van der Waals surface area contributed by atoms with Crippen LogP contribution in [-0.4, -0.2) is 11.3 Å². The summed E-state index contributed by atoms with van der Waals surface area (Å²) in [4.78, 5) is 5.38. The van der Waals surface area contributed by atoms with Crippen LogP contribution in [0.5, 0.6) is 0 Å². The van der Waals surface area contributed by atoms with Gasteiger partial charge in [0.15, 0.2) is 0 Å². The lowest BCUT2D eigenvalue weighted by Crippen LogP contribution is -2.62. The first kappa shape index (κ1) is 61.2. The van der Waals surface area contributed by atoms with E-state index in [9.17, 15) is 0 Å². The van der Waals surface area contributed by atoms with E-state index in [0.717, 1.165) is 56.0 Å². The molecule has 14 aromatic carbocycles. The molecule has 0 aliphatic carbocycles. The van der Waals surface area contributed by atoms with E-state index in [-0.39, 0.29) is 6.71 Å². The molecule has 0 spiro atoms. The van der Waals surface area contributed by atoms with Crippen LogP contribution < -0.4 is 26.2 Å². The Morgan fingerprint density at radius 3 is 1.15 bits per heavy atom. The smallest absolute Gasteiger partial charge is 0.252 e. The molecule has 0 saturated carbocycles. The minimum Gasteiger partial charge on any atom is -0.338 e. The van der Waals surface area contributed by atoms with Gasteiger partial charge >= 0.3 is 0 Å². The highest BCUT2D eigenvalue weighted by atomic mass is 15.2. The van der Waals surface area contributed by atoms with E-state index >= 15 is 0 Å². The van der Waals surface area contributed by atoms with Crippen molar-refractivity contribution in [2.45, 2.75) is 75.8 Å². The molecule has 2 aliphatic rings. The van der Waals surface area contributed by atoms with Crippen molar-refractivity contribution in [3.05, 3.63) is 340 Å². The molecule has 1 aromatic heterocycles. The Labute approximate surface area is 583 Å². The van der Waals surface area contributed by atoms with Gasteiger partial charge in [-0.05, 0) is 268 Å². The van der Waals surface area contributed by atoms with Crippen molar-refractivity contribution < 1.29 is 0 Å². The lowest BCUT2D eigenvalue weighted by Gasteiger charge is -2.45. The van der Waals surface area contributed by atoms with Gasteiger partial charge in [-0.1, -0.05) is 224 Å². The summed E-state index contributed by atoms with van der Waals surface area (Å²) < 4.78 is 2.56. The van der Waals surface area contributed by atoms with Crippen molar-refractivity contribution in [1.29, 1.82) is 0 Å². The molecule has 0 fully saturated rings. The Hall–Kier alpha value is -11.5. The molecular weight excluding hydrogens is 1190 g/mol. The predicted molar refractivity (Wildman–Crippen MR) is 424 cm³/mol. The minimum absolute atomic E-state index is 0.175. The van der Waals surface area contributed by atoms with E-state index in [4.69, 9.17) is 0 Å². The monoisotopic (exact) mass is 1270 g/mol. The van der Waals surface area contributed by atoms with Crippen LogP contribution in [0.4, 0.5) is 28.4 Å². The summed E-state index contributed by atoms with van der Waals surface area (Å²) in [5.41, 5.74) is 44.2. The van der Waals surface area contributed by atoms with E-state index in [1.165, 1.54) is 155 Å². The molecule has 0 atom stereocenters. The lowest BCUT2D eigenvalue weighted by atomic mass is 9.33. The summed E-state index contributed by atoms with van der Waals surface area (Å²) in [6.45, 7) is 23.1. The standard InChI is InChI=1S/C95H78BN3/c1-58-23-17-24-59(2)89(58)71-41-39-68(40-42-71)57-97-85-50-45-74(92-64(7)29-20-30-65(92)8)53-82(85)96-81-47-46-76(98-83-48-43-72(90-60(3)25-18-26-61(90)4)51-79(83)80-52-73(44-49-84(80)98)91-62(5)27-19-28-63(91)6)56-86(81)99(88-55-75(54-87(97)94(88)96)93-66(9)31-21-32-67(93)10)95-77(69-33-13-11-14-34-69)37-22-38-78(95)70-35-15-12-16-36-70/h11-56H,57H2,1-10H3. The Kier molecular flexibility index (Phi) is 15.0. The first-order valence-electron chi connectivity index (χ1n) is 35.0. The Morgan fingerprint density at radius 1 is 0.273 bits per heavy atom. The van der Waals surface area contributed by atoms with Crippen LogP contribution in [0.3, 0.4) is 0 Å². The molecule has 4 heteroatoms. The zero-order valence-corrected chi connectivity index (χ0v) is 58.2. The van der Waals surface area contributed by atoms with E-state index in [2.05, 4.69) is 363 Å². The quantitative estimate of drug-likeness (QED) is 0.120. The number of nitrogens with zero attached hydrogens (tertiary/aromatic N) is 3. The SMILES string of the molecule is Cc1cccc(C)c1-c1ccc(CN2c3ccc(-c4c(C)cccc4C)cc3B3c4ccc(-n5c6ccc(-c7c(C)cccc7C)cc6c6cc(-c7c(C)cccc7C)ccc65)cc4N(c4c(-c5ccccc5)cccc4-c4ccccc4)c4cc(-c5c(C)cccc5C)cc2c43)cc1. The van der Waals surface area contributed by atoms with Crippen molar-refractivity contribution in [2.24, 2.45) is 0 Å². The van der Waals surface area contributed by atoms with Crippen LogP contribution in [-0.2, 0) is 6.54 Å². The summed E-state index contributed by atoms with van der Waals surface area (Å²) in [6.07, 6.45) is 0. The van der Waals surface area contributed by atoms with Crippen molar-refractivity contribution in [3.63, 3.8) is 0 Å². The van der Waals surface area contributed by atoms with Crippen LogP contribution >= 0.6 is 0 Å². The van der Waals surface area contributed by atoms with Gasteiger partial charge in [0.05, 0.1) is 16.7 Å². The molecule has 0 saturated heterocycles. The highest BCUT2D eigenvalue weighted by Gasteiger charge is 2.45. The van der Waals surface area contributed by atoms with Crippen LogP contribution in [0.1, 0.15) is 61.2 Å². The van der Waals surface area contributed by atoms with Crippen molar-refractivity contribution >= 4 is 73.3 Å². The number of anilines is 5. The number of hydrogen-bond acceptors (Lipinski definition) is 2. The number of aryl methyl sites for hydroxylation is 10. The van der Waals surface area contributed by atoms with Crippen molar-refractivity contribution in [1.82, 2.24) is 4.57 Å². The van der Waals surface area contributed by atoms with E-state index in [1.54, 1.807) is 0 Å². The number of hydrogen-bond donors (Lipinski definition) is 0. The van der Waals surface area contributed by atoms with Crippen LogP contribution in [0.2, 0.25) is 0 Å². The van der Waals surface area contributed by atoms with Crippen molar-refractivity contribution in [3.8, 4) is 83.6 Å². The summed E-state index contributed by atoms with van der Waals surface area (Å²) >= 11 is 0. The van der Waals surface area contributed by atoms with Gasteiger partial charge < -0.3 is 14.4 Å². The topological polar surface area (TPSA) is 11.4 Å². The predicted octanol–water partition coefficient (Wildman–Crippen LogP) is 23.5. The highest BCUT2D eigenvalue weighted by Crippen LogP contribution is 2.52. The molecule has 476 valence electrons. The third-order valence-corrected chi connectivity index (χ3v) is 21.7. The second-order valence-corrected chi connectivity index (χ2v) is 28.1. The van der Waals surface area contributed by atoms with Crippen LogP contribution in [0, 0.1) is 69.2 Å². The van der Waals surface area contributed by atoms with Gasteiger partial charge in [-0.15, -0.1) is 0 Å². The van der Waals surface area contributed by atoms with Gasteiger partial charge in [-0.25, -0.2) is 0 Å². The molecule has 99 heavy (non-hydrogen) atoms. The maximum absolute atomic E-state index is 2.71. The van der Waals surface area contributed by atoms with Gasteiger partial charge in [0.2, 0.25) is 0 Å². The maximum atomic E-state index is 2.71. The Balaban J connectivity index is 0.992. The number of rotatable bonds is 11. The average molecular weight is 1270 g/mol. The second-order valence-electron chi connectivity index (χ2n) is 28.1. The molecular formula is C95H78BN3. The largest absolute Gasteiger partial charge is 0.338 e. The molecule has 17 rings (SSSR count). The van der Waals surface area contributed by atoms with Crippen LogP contribution in [0.25, 0.3) is 105 Å². The fourth-order valence-electron chi connectivity index (χ4n) is 17.3. The molecule has 2 aliphatic heterocycles. The third-order valence-electron chi connectivity index (χ3n) is 21.7. The first-order chi connectivity index (χ1) is 48.3. The van der Waals surface area contributed by atoms with Gasteiger partial charge in [0.25, 0.3) is 6.71 Å². The fourth-order valence-corrected chi connectivity index (χ4v) is 17.3. The normalized spacial score (nSPS) is 12.3. The zero-order chi connectivity index (χ0) is 67.5. The molecule has 15 aromatic rings. The van der Waals surface area contributed by atoms with Gasteiger partial charge in [-0.2, -0.15) is 0 Å². The molecule has 3 heterocycles. The van der Waals surface area contributed by atoms with E-state index in [1.807, 2.05) is 0 Å². The Bertz CT molecular complexity index is 5510. The number of para-hydroxylation sites is 1. The maximum Gasteiger partial charge on any atom is 0.252 e.